The zero-order valence-corrected chi connectivity index (χ0v) is 13.5. The van der Waals surface area contributed by atoms with Crippen molar-refractivity contribution in [2.75, 3.05) is 5.32 Å². The van der Waals surface area contributed by atoms with Crippen molar-refractivity contribution in [1.82, 2.24) is 20.0 Å². The van der Waals surface area contributed by atoms with Crippen LogP contribution < -0.4 is 5.32 Å². The van der Waals surface area contributed by atoms with Crippen molar-refractivity contribution in [3.8, 4) is 0 Å². The van der Waals surface area contributed by atoms with E-state index in [1.807, 2.05) is 25.5 Å². The Morgan fingerprint density at radius 3 is 2.50 bits per heavy atom. The number of aryl methyl sites for hydroxylation is 1. The molecule has 1 N–H and O–H groups in total. The molecule has 0 bridgehead atoms. The number of nitrogens with zero attached hydrogens (tertiary/aromatic N) is 4. The van der Waals surface area contributed by atoms with Gasteiger partial charge in [-0.25, -0.2) is 4.98 Å². The highest BCUT2D eigenvalue weighted by molar-refractivity contribution is 5.94. The van der Waals surface area contributed by atoms with Crippen molar-refractivity contribution in [1.29, 1.82) is 0 Å². The summed E-state index contributed by atoms with van der Waals surface area (Å²) in [5.74, 6) is 0.884. The summed E-state index contributed by atoms with van der Waals surface area (Å²) in [6.45, 7) is 7.25. The lowest BCUT2D eigenvalue weighted by molar-refractivity contribution is 0.593. The van der Waals surface area contributed by atoms with E-state index < -0.39 is 0 Å². The highest BCUT2D eigenvalue weighted by Gasteiger charge is 2.18. The molecule has 0 aliphatic heterocycles. The summed E-state index contributed by atoms with van der Waals surface area (Å²) in [6, 6.07) is 8.38. The van der Waals surface area contributed by atoms with Gasteiger partial charge in [-0.05, 0) is 16.4 Å². The summed E-state index contributed by atoms with van der Waals surface area (Å²) in [7, 11) is 1.86. The van der Waals surface area contributed by atoms with Crippen LogP contribution in [0.25, 0.3) is 10.8 Å². The van der Waals surface area contributed by atoms with Gasteiger partial charge in [-0.3, -0.25) is 4.68 Å². The second-order valence-electron chi connectivity index (χ2n) is 6.55. The Balaban J connectivity index is 1.97. The maximum Gasteiger partial charge on any atom is 0.134 e. The third kappa shape index (κ3) is 2.79. The van der Waals surface area contributed by atoms with Gasteiger partial charge in [0.05, 0.1) is 6.54 Å². The van der Waals surface area contributed by atoms with Gasteiger partial charge in [0.2, 0.25) is 0 Å². The van der Waals surface area contributed by atoms with Gasteiger partial charge in [-0.1, -0.05) is 50.3 Å². The highest BCUT2D eigenvalue weighted by atomic mass is 15.4. The van der Waals surface area contributed by atoms with E-state index in [-0.39, 0.29) is 5.41 Å². The fourth-order valence-corrected chi connectivity index (χ4v) is 2.58. The Kier molecular flexibility index (Phi) is 3.56. The molecular weight excluding hydrogens is 274 g/mol. The summed E-state index contributed by atoms with van der Waals surface area (Å²) < 4.78 is 1.70. The molecule has 3 rings (SSSR count). The molecule has 0 fully saturated rings. The Hall–Kier alpha value is -2.43. The van der Waals surface area contributed by atoms with E-state index in [1.165, 1.54) is 10.9 Å². The van der Waals surface area contributed by atoms with Crippen LogP contribution in [-0.2, 0) is 19.0 Å². The van der Waals surface area contributed by atoms with E-state index in [0.717, 1.165) is 16.9 Å². The Labute approximate surface area is 130 Å². The number of fused-ring (bicyclic) bond motifs is 1. The summed E-state index contributed by atoms with van der Waals surface area (Å²) in [5, 5.41) is 13.8. The van der Waals surface area contributed by atoms with Crippen LogP contribution in [0.3, 0.4) is 0 Å². The minimum Gasteiger partial charge on any atom is -0.364 e. The number of pyridine rings is 1. The van der Waals surface area contributed by atoms with Crippen molar-refractivity contribution in [2.24, 2.45) is 7.05 Å². The molecule has 0 aliphatic carbocycles. The topological polar surface area (TPSA) is 55.6 Å². The normalized spacial score (nSPS) is 11.8. The van der Waals surface area contributed by atoms with Gasteiger partial charge >= 0.3 is 0 Å². The van der Waals surface area contributed by atoms with Crippen LogP contribution in [0, 0.1) is 0 Å². The molecule has 0 unspecified atom stereocenters. The average molecular weight is 295 g/mol. The lowest BCUT2D eigenvalue weighted by Crippen LogP contribution is -2.13. The van der Waals surface area contributed by atoms with E-state index in [1.54, 1.807) is 4.68 Å². The first-order valence-electron chi connectivity index (χ1n) is 7.42. The van der Waals surface area contributed by atoms with E-state index >= 15 is 0 Å². The van der Waals surface area contributed by atoms with Crippen LogP contribution in [0.2, 0.25) is 0 Å². The summed E-state index contributed by atoms with van der Waals surface area (Å²) >= 11 is 0. The predicted octanol–water partition coefficient (Wildman–Crippen LogP) is 3.27. The largest absolute Gasteiger partial charge is 0.364 e. The molecule has 0 saturated heterocycles. The molecule has 0 saturated carbocycles. The van der Waals surface area contributed by atoms with Gasteiger partial charge in [-0.2, -0.15) is 0 Å². The molecule has 0 atom stereocenters. The van der Waals surface area contributed by atoms with Crippen LogP contribution in [0.1, 0.15) is 32.0 Å². The first-order chi connectivity index (χ1) is 10.4. The molecule has 0 amide bonds. The summed E-state index contributed by atoms with van der Waals surface area (Å²) in [4.78, 5) is 4.63. The van der Waals surface area contributed by atoms with Crippen LogP contribution in [0.4, 0.5) is 5.82 Å². The number of anilines is 1. The third-order valence-electron chi connectivity index (χ3n) is 3.69. The van der Waals surface area contributed by atoms with Gasteiger partial charge in [0.25, 0.3) is 0 Å². The van der Waals surface area contributed by atoms with Crippen molar-refractivity contribution in [3.05, 3.63) is 47.9 Å². The molecular formula is C17H21N5. The second-order valence-corrected chi connectivity index (χ2v) is 6.55. The molecule has 114 valence electrons. The first kappa shape index (κ1) is 14.5. The lowest BCUT2D eigenvalue weighted by Gasteiger charge is -2.22. The van der Waals surface area contributed by atoms with Gasteiger partial charge in [-0.15, -0.1) is 5.10 Å². The molecule has 0 aliphatic rings. The van der Waals surface area contributed by atoms with Crippen molar-refractivity contribution in [3.63, 3.8) is 0 Å². The Bertz CT molecular complexity index is 798. The second kappa shape index (κ2) is 5.40. The zero-order chi connectivity index (χ0) is 15.7. The number of hydrogen-bond acceptors (Lipinski definition) is 4. The van der Waals surface area contributed by atoms with Gasteiger partial charge in [0.1, 0.15) is 11.5 Å². The maximum atomic E-state index is 4.63. The van der Waals surface area contributed by atoms with Crippen LogP contribution >= 0.6 is 0 Å². The van der Waals surface area contributed by atoms with Crippen molar-refractivity contribution in [2.45, 2.75) is 32.7 Å². The Morgan fingerprint density at radius 1 is 1.14 bits per heavy atom. The molecule has 0 radical (unpaired) electrons. The maximum absolute atomic E-state index is 4.63. The van der Waals surface area contributed by atoms with Gasteiger partial charge < -0.3 is 5.32 Å². The summed E-state index contributed by atoms with van der Waals surface area (Å²) in [5.41, 5.74) is 2.22. The standard InChI is InChI=1S/C17H21N5/c1-17(2,3)15-10-19-16(14-8-6-5-7-13(14)15)18-9-12-11-22(4)21-20-12/h5-8,10-11H,9H2,1-4H3,(H,18,19). The van der Waals surface area contributed by atoms with Crippen LogP contribution in [0.15, 0.2) is 36.7 Å². The highest BCUT2D eigenvalue weighted by Crippen LogP contribution is 2.32. The molecule has 5 heteroatoms. The van der Waals surface area contributed by atoms with Crippen LogP contribution in [-0.4, -0.2) is 20.0 Å². The molecule has 3 aromatic rings. The molecule has 2 heterocycles. The SMILES string of the molecule is Cn1cc(CNc2ncc(C(C)(C)C)c3ccccc23)nn1. The molecule has 2 aromatic heterocycles. The minimum absolute atomic E-state index is 0.0655. The van der Waals surface area contributed by atoms with Gasteiger partial charge in [0, 0.05) is 24.8 Å². The molecule has 1 aromatic carbocycles. The number of nitrogens with one attached hydrogen (secondary N) is 1. The van der Waals surface area contributed by atoms with Crippen LogP contribution in [0.5, 0.6) is 0 Å². The fraction of sp³-hybridized carbons (Fsp3) is 0.353. The smallest absolute Gasteiger partial charge is 0.134 e. The predicted molar refractivity (Wildman–Crippen MR) is 88.8 cm³/mol. The molecule has 0 spiro atoms. The third-order valence-corrected chi connectivity index (χ3v) is 3.69. The molecule has 22 heavy (non-hydrogen) atoms. The number of rotatable bonds is 3. The quantitative estimate of drug-likeness (QED) is 0.805. The first-order valence-corrected chi connectivity index (χ1v) is 7.42. The minimum atomic E-state index is 0.0655. The van der Waals surface area contributed by atoms with Crippen molar-refractivity contribution < 1.29 is 0 Å². The fourth-order valence-electron chi connectivity index (χ4n) is 2.58. The van der Waals surface area contributed by atoms with E-state index in [0.29, 0.717) is 6.54 Å². The lowest BCUT2D eigenvalue weighted by atomic mass is 9.85. The monoisotopic (exact) mass is 295 g/mol. The number of benzene rings is 1. The zero-order valence-electron chi connectivity index (χ0n) is 13.5. The van der Waals surface area contributed by atoms with E-state index in [2.05, 4.69) is 59.6 Å². The van der Waals surface area contributed by atoms with E-state index in [9.17, 15) is 0 Å². The summed E-state index contributed by atoms with van der Waals surface area (Å²) in [6.07, 6.45) is 3.88. The molecule has 5 nitrogen and oxygen atoms in total. The van der Waals surface area contributed by atoms with E-state index in [4.69, 9.17) is 0 Å². The average Bonchev–Trinajstić information content (AvgIpc) is 2.89. The van der Waals surface area contributed by atoms with Gasteiger partial charge in [0.15, 0.2) is 0 Å². The number of aromatic nitrogens is 4. The Morgan fingerprint density at radius 2 is 1.86 bits per heavy atom. The van der Waals surface area contributed by atoms with Crippen molar-refractivity contribution >= 4 is 16.6 Å². The number of hydrogen-bond donors (Lipinski definition) is 1.